The minimum Gasteiger partial charge on any atom is -0.497 e. The van der Waals surface area contributed by atoms with Crippen molar-refractivity contribution in [1.29, 1.82) is 0 Å². The van der Waals surface area contributed by atoms with E-state index in [4.69, 9.17) is 23.7 Å². The maximum Gasteiger partial charge on any atom is 0.233 e. The summed E-state index contributed by atoms with van der Waals surface area (Å²) in [6.45, 7) is -1.46. The third-order valence-corrected chi connectivity index (χ3v) is 6.88. The highest BCUT2D eigenvalue weighted by Crippen LogP contribution is 2.31. The van der Waals surface area contributed by atoms with Crippen LogP contribution in [-0.2, 0) is 9.47 Å². The van der Waals surface area contributed by atoms with Crippen LogP contribution >= 0.6 is 0 Å². The summed E-state index contributed by atoms with van der Waals surface area (Å²) in [7, 11) is 1.38. The van der Waals surface area contributed by atoms with Crippen LogP contribution in [-0.4, -0.2) is 134 Å². The molecular formula is C27H32O15. The van der Waals surface area contributed by atoms with Crippen LogP contribution in [0.1, 0.15) is 20.7 Å². The number of benzene rings is 2. The summed E-state index contributed by atoms with van der Waals surface area (Å²) in [4.78, 5) is 26.3. The van der Waals surface area contributed by atoms with Gasteiger partial charge < -0.3 is 64.5 Å². The molecule has 8 N–H and O–H groups in total. The molecule has 2 fully saturated rings. The van der Waals surface area contributed by atoms with E-state index in [0.717, 1.165) is 18.2 Å². The molecule has 0 bridgehead atoms. The SMILES string of the molecule is COc1cccc(C(=O)C(=O)c2cc(O[C@@H]3O[C@H](CO)[C@@H](O)[C@H](O)[C@H]3O)cc(O[C@@H]3O[C@H](CO)[C@@H](O)[C@H](O)[C@H]3O)c2)c1. The first-order valence-electron chi connectivity index (χ1n) is 12.8. The largest absolute Gasteiger partial charge is 0.497 e. The van der Waals surface area contributed by atoms with Crippen LogP contribution in [0.3, 0.4) is 0 Å². The number of hydrogen-bond donors (Lipinski definition) is 8. The van der Waals surface area contributed by atoms with Gasteiger partial charge in [0, 0.05) is 17.2 Å². The monoisotopic (exact) mass is 596 g/mol. The predicted octanol–water partition coefficient (Wildman–Crippen LogP) is -2.88. The highest BCUT2D eigenvalue weighted by molar-refractivity contribution is 6.49. The molecule has 0 spiro atoms. The van der Waals surface area contributed by atoms with Gasteiger partial charge in [-0.2, -0.15) is 0 Å². The topological polar surface area (TPSA) is 242 Å². The van der Waals surface area contributed by atoms with Gasteiger partial charge in [0.2, 0.25) is 24.1 Å². The number of Topliss-reactive ketones (excluding diaryl/α,β-unsaturated/α-hetero) is 2. The molecule has 2 saturated heterocycles. The summed E-state index contributed by atoms with van der Waals surface area (Å²) in [5.74, 6) is -2.19. The Balaban J connectivity index is 1.68. The Morgan fingerprint density at radius 1 is 0.643 bits per heavy atom. The van der Waals surface area contributed by atoms with Crippen LogP contribution in [0, 0.1) is 0 Å². The van der Waals surface area contributed by atoms with Gasteiger partial charge in [-0.3, -0.25) is 9.59 Å². The Morgan fingerprint density at radius 2 is 1.10 bits per heavy atom. The van der Waals surface area contributed by atoms with Crippen molar-refractivity contribution in [2.45, 2.75) is 61.4 Å². The quantitative estimate of drug-likeness (QED) is 0.101. The molecule has 0 aromatic heterocycles. The van der Waals surface area contributed by atoms with Gasteiger partial charge in [0.15, 0.2) is 0 Å². The van der Waals surface area contributed by atoms with E-state index >= 15 is 0 Å². The van der Waals surface area contributed by atoms with E-state index in [0.29, 0.717) is 5.75 Å². The number of ether oxygens (including phenoxy) is 5. The average Bonchev–Trinajstić information content (AvgIpc) is 3.00. The number of ketones is 2. The van der Waals surface area contributed by atoms with Crippen molar-refractivity contribution >= 4 is 11.6 Å². The molecule has 0 saturated carbocycles. The third kappa shape index (κ3) is 6.55. The lowest BCUT2D eigenvalue weighted by Crippen LogP contribution is -2.60. The summed E-state index contributed by atoms with van der Waals surface area (Å²) >= 11 is 0. The highest BCUT2D eigenvalue weighted by Gasteiger charge is 2.46. The fraction of sp³-hybridized carbons (Fsp3) is 0.481. The molecule has 230 valence electrons. The number of aliphatic hydroxyl groups excluding tert-OH is 8. The van der Waals surface area contributed by atoms with Gasteiger partial charge in [0.1, 0.15) is 66.1 Å². The van der Waals surface area contributed by atoms with Crippen molar-refractivity contribution in [2.75, 3.05) is 20.3 Å². The van der Waals surface area contributed by atoms with Crippen molar-refractivity contribution in [1.82, 2.24) is 0 Å². The van der Waals surface area contributed by atoms with Gasteiger partial charge in [0.05, 0.1) is 20.3 Å². The molecule has 2 aromatic rings. The second-order valence-electron chi connectivity index (χ2n) is 9.71. The summed E-state index contributed by atoms with van der Waals surface area (Å²) < 4.78 is 27.0. The van der Waals surface area contributed by atoms with Crippen LogP contribution in [0.2, 0.25) is 0 Å². The van der Waals surface area contributed by atoms with Gasteiger partial charge in [-0.05, 0) is 24.3 Å². The van der Waals surface area contributed by atoms with Crippen LogP contribution in [0.4, 0.5) is 0 Å². The molecule has 2 aliphatic heterocycles. The first-order valence-corrected chi connectivity index (χ1v) is 12.8. The molecule has 2 aliphatic rings. The second-order valence-corrected chi connectivity index (χ2v) is 9.71. The molecule has 10 atom stereocenters. The molecule has 2 heterocycles. The average molecular weight is 597 g/mol. The Labute approximate surface area is 238 Å². The molecule has 2 aromatic carbocycles. The zero-order chi connectivity index (χ0) is 30.7. The molecule has 4 rings (SSSR count). The van der Waals surface area contributed by atoms with E-state index in [1.54, 1.807) is 6.07 Å². The highest BCUT2D eigenvalue weighted by atomic mass is 16.7. The van der Waals surface area contributed by atoms with Crippen molar-refractivity contribution in [3.63, 3.8) is 0 Å². The first-order chi connectivity index (χ1) is 20.0. The number of methoxy groups -OCH3 is 1. The number of carbonyl (C=O) groups is 2. The summed E-state index contributed by atoms with van der Waals surface area (Å²) in [5, 5.41) is 80.0. The van der Waals surface area contributed by atoms with Gasteiger partial charge in [-0.15, -0.1) is 0 Å². The Kier molecular flexibility index (Phi) is 10.1. The Bertz CT molecular complexity index is 1190. The predicted molar refractivity (Wildman–Crippen MR) is 137 cm³/mol. The van der Waals surface area contributed by atoms with Crippen molar-refractivity contribution in [3.8, 4) is 17.2 Å². The molecule has 42 heavy (non-hydrogen) atoms. The molecule has 0 unspecified atom stereocenters. The van der Waals surface area contributed by atoms with E-state index < -0.39 is 86.2 Å². The van der Waals surface area contributed by atoms with E-state index in [-0.39, 0.29) is 22.6 Å². The number of aliphatic hydroxyl groups is 8. The zero-order valence-corrected chi connectivity index (χ0v) is 22.2. The van der Waals surface area contributed by atoms with E-state index in [2.05, 4.69) is 0 Å². The zero-order valence-electron chi connectivity index (χ0n) is 22.2. The standard InChI is InChI=1S/C27H32O15/c1-38-13-4-2-3-11(5-13)18(30)19(31)12-6-14(39-26-24(36)22(34)20(32)16(9-28)41-26)8-15(7-12)40-27-25(37)23(35)21(33)17(10-29)42-27/h2-8,16-17,20-29,32-37H,9-10H2,1H3/t16-,17-,20-,21-,22+,23+,24-,25-,26-,27-/m1/s1. The molecule has 0 aliphatic carbocycles. The van der Waals surface area contributed by atoms with Crippen molar-refractivity contribution in [3.05, 3.63) is 53.6 Å². The molecule has 15 heteroatoms. The normalized spacial score (nSPS) is 33.1. The van der Waals surface area contributed by atoms with Crippen molar-refractivity contribution < 1.29 is 74.1 Å². The summed E-state index contributed by atoms with van der Waals surface area (Å²) in [5.41, 5.74) is -0.305. The van der Waals surface area contributed by atoms with Crippen LogP contribution in [0.5, 0.6) is 17.2 Å². The molecular weight excluding hydrogens is 564 g/mol. The van der Waals surface area contributed by atoms with E-state index in [1.165, 1.54) is 25.3 Å². The minimum absolute atomic E-state index is 0.00370. The number of hydrogen-bond acceptors (Lipinski definition) is 15. The second kappa shape index (κ2) is 13.4. The van der Waals surface area contributed by atoms with E-state index in [1.807, 2.05) is 0 Å². The summed E-state index contributed by atoms with van der Waals surface area (Å²) in [6.07, 6.45) is -16.4. The van der Waals surface area contributed by atoms with Crippen LogP contribution in [0.25, 0.3) is 0 Å². The molecule has 0 radical (unpaired) electrons. The van der Waals surface area contributed by atoms with Gasteiger partial charge in [-0.1, -0.05) is 12.1 Å². The Morgan fingerprint density at radius 3 is 1.55 bits per heavy atom. The maximum absolute atomic E-state index is 13.3. The third-order valence-electron chi connectivity index (χ3n) is 6.88. The fourth-order valence-corrected chi connectivity index (χ4v) is 4.46. The van der Waals surface area contributed by atoms with Gasteiger partial charge >= 0.3 is 0 Å². The molecule has 0 amide bonds. The number of rotatable bonds is 10. The summed E-state index contributed by atoms with van der Waals surface area (Å²) in [6, 6.07) is 9.15. The lowest BCUT2D eigenvalue weighted by atomic mass is 9.99. The van der Waals surface area contributed by atoms with E-state index in [9.17, 15) is 50.4 Å². The lowest BCUT2D eigenvalue weighted by molar-refractivity contribution is -0.278. The van der Waals surface area contributed by atoms with Gasteiger partial charge in [0.25, 0.3) is 0 Å². The van der Waals surface area contributed by atoms with Crippen molar-refractivity contribution in [2.24, 2.45) is 0 Å². The maximum atomic E-state index is 13.3. The number of carbonyl (C=O) groups excluding carboxylic acids is 2. The Hall–Kier alpha value is -3.22. The smallest absolute Gasteiger partial charge is 0.233 e. The first kappa shape index (κ1) is 31.7. The fourth-order valence-electron chi connectivity index (χ4n) is 4.46. The van der Waals surface area contributed by atoms with Crippen LogP contribution < -0.4 is 14.2 Å². The molecule has 15 nitrogen and oxygen atoms in total. The minimum atomic E-state index is -1.81. The van der Waals surface area contributed by atoms with Gasteiger partial charge in [-0.25, -0.2) is 0 Å². The lowest BCUT2D eigenvalue weighted by Gasteiger charge is -2.40. The van der Waals surface area contributed by atoms with Crippen LogP contribution in [0.15, 0.2) is 42.5 Å².